The normalized spacial score (nSPS) is 23.8. The van der Waals surface area contributed by atoms with Crippen molar-refractivity contribution in [2.75, 3.05) is 6.61 Å². The lowest BCUT2D eigenvalue weighted by Crippen LogP contribution is -2.60. The van der Waals surface area contributed by atoms with Crippen LogP contribution in [0, 0.1) is 0 Å². The molecular weight excluding hydrogens is 464 g/mol. The van der Waals surface area contributed by atoms with Crippen LogP contribution in [-0.4, -0.2) is 42.2 Å². The van der Waals surface area contributed by atoms with Crippen molar-refractivity contribution >= 4 is 10.8 Å². The Morgan fingerprint density at radius 3 is 1.78 bits per heavy atom. The smallest absolute Gasteiger partial charge is 0.115 e. The zero-order valence-electron chi connectivity index (χ0n) is 21.1. The summed E-state index contributed by atoms with van der Waals surface area (Å²) < 4.78 is 25.6. The van der Waals surface area contributed by atoms with Crippen LogP contribution in [-0.2, 0) is 38.8 Å². The van der Waals surface area contributed by atoms with Crippen LogP contribution in [0.2, 0.25) is 0 Å². The van der Waals surface area contributed by atoms with Gasteiger partial charge >= 0.3 is 0 Å². The Morgan fingerprint density at radius 2 is 1.14 bits per heavy atom. The average molecular weight is 499 g/mol. The maximum Gasteiger partial charge on any atom is 0.115 e. The standard InChI is InChI=1S/C32H34O5/c1-23-30(34-20-24-10-4-2-5-11-24)32(36-22-26-16-17-27-14-8-9-15-28(27)18-26)31(29(19-33)37-23)35-21-25-12-6-3-7-13-25/h2-18,23,29-33H,19-22H2,1H3/t23-,29?,30?,31+,32?/m0/s1. The third-order valence-corrected chi connectivity index (χ3v) is 6.87. The fourth-order valence-corrected chi connectivity index (χ4v) is 4.92. The van der Waals surface area contributed by atoms with E-state index >= 15 is 0 Å². The van der Waals surface area contributed by atoms with Gasteiger partial charge in [0, 0.05) is 0 Å². The largest absolute Gasteiger partial charge is 0.394 e. The molecule has 5 atom stereocenters. The zero-order chi connectivity index (χ0) is 25.5. The summed E-state index contributed by atoms with van der Waals surface area (Å²) in [4.78, 5) is 0. The van der Waals surface area contributed by atoms with E-state index in [1.165, 1.54) is 10.8 Å². The van der Waals surface area contributed by atoms with Crippen molar-refractivity contribution in [3.8, 4) is 0 Å². The Bertz CT molecular complexity index is 1250. The lowest BCUT2D eigenvalue weighted by atomic mass is 9.94. The lowest BCUT2D eigenvalue weighted by Gasteiger charge is -2.45. The van der Waals surface area contributed by atoms with Crippen LogP contribution in [0.1, 0.15) is 23.6 Å². The molecule has 0 bridgehead atoms. The summed E-state index contributed by atoms with van der Waals surface area (Å²) in [5.74, 6) is 0. The highest BCUT2D eigenvalue weighted by Gasteiger charge is 2.46. The van der Waals surface area contributed by atoms with Crippen LogP contribution in [0.5, 0.6) is 0 Å². The van der Waals surface area contributed by atoms with Crippen molar-refractivity contribution < 1.29 is 24.1 Å². The summed E-state index contributed by atoms with van der Waals surface area (Å²) >= 11 is 0. The topological polar surface area (TPSA) is 57.2 Å². The number of fused-ring (bicyclic) bond motifs is 1. The van der Waals surface area contributed by atoms with E-state index in [0.29, 0.717) is 19.8 Å². The third-order valence-electron chi connectivity index (χ3n) is 6.87. The number of benzene rings is 4. The molecule has 0 amide bonds. The van der Waals surface area contributed by atoms with Gasteiger partial charge in [0.05, 0.1) is 32.5 Å². The van der Waals surface area contributed by atoms with Crippen LogP contribution in [0.4, 0.5) is 0 Å². The second kappa shape index (κ2) is 12.5. The second-order valence-corrected chi connectivity index (χ2v) is 9.54. The van der Waals surface area contributed by atoms with Crippen molar-refractivity contribution in [3.63, 3.8) is 0 Å². The minimum Gasteiger partial charge on any atom is -0.394 e. The van der Waals surface area contributed by atoms with Gasteiger partial charge in [0.2, 0.25) is 0 Å². The van der Waals surface area contributed by atoms with Gasteiger partial charge in [0.25, 0.3) is 0 Å². The summed E-state index contributed by atoms with van der Waals surface area (Å²) in [6, 6.07) is 34.7. The molecule has 0 aromatic heterocycles. The molecule has 1 saturated heterocycles. The van der Waals surface area contributed by atoms with Crippen LogP contribution in [0.3, 0.4) is 0 Å². The van der Waals surface area contributed by atoms with Crippen molar-refractivity contribution in [1.82, 2.24) is 0 Å². The van der Waals surface area contributed by atoms with E-state index in [2.05, 4.69) is 30.3 Å². The minimum atomic E-state index is -0.517. The molecule has 0 spiro atoms. The summed E-state index contributed by atoms with van der Waals surface area (Å²) in [6.07, 6.45) is -2.09. The van der Waals surface area contributed by atoms with Crippen molar-refractivity contribution in [2.45, 2.75) is 57.3 Å². The molecule has 0 aliphatic carbocycles. The monoisotopic (exact) mass is 498 g/mol. The molecule has 37 heavy (non-hydrogen) atoms. The first-order chi connectivity index (χ1) is 18.2. The first kappa shape index (κ1) is 25.6. The second-order valence-electron chi connectivity index (χ2n) is 9.54. The molecule has 0 radical (unpaired) electrons. The number of ether oxygens (including phenoxy) is 4. The van der Waals surface area contributed by atoms with Gasteiger partial charge in [-0.15, -0.1) is 0 Å². The number of hydrogen-bond acceptors (Lipinski definition) is 5. The van der Waals surface area contributed by atoms with Gasteiger partial charge in [-0.2, -0.15) is 0 Å². The van der Waals surface area contributed by atoms with E-state index in [1.807, 2.05) is 79.7 Å². The van der Waals surface area contributed by atoms with Gasteiger partial charge in [-0.05, 0) is 40.5 Å². The number of rotatable bonds is 10. The van der Waals surface area contributed by atoms with Crippen LogP contribution in [0.15, 0.2) is 103 Å². The molecule has 1 fully saturated rings. The van der Waals surface area contributed by atoms with Gasteiger partial charge in [-0.3, -0.25) is 0 Å². The molecule has 5 rings (SSSR count). The number of hydrogen-bond donors (Lipinski definition) is 1. The molecule has 3 unspecified atom stereocenters. The van der Waals surface area contributed by atoms with E-state index in [4.69, 9.17) is 18.9 Å². The van der Waals surface area contributed by atoms with E-state index in [1.54, 1.807) is 0 Å². The van der Waals surface area contributed by atoms with E-state index < -0.39 is 18.3 Å². The molecule has 1 heterocycles. The minimum absolute atomic E-state index is 0.162. The average Bonchev–Trinajstić information content (AvgIpc) is 2.95. The molecular formula is C32H34O5. The number of aliphatic hydroxyl groups excluding tert-OH is 1. The quantitative estimate of drug-likeness (QED) is 0.305. The predicted octanol–water partition coefficient (Wildman–Crippen LogP) is 5.68. The molecule has 5 heteroatoms. The Hall–Kier alpha value is -3.06. The summed E-state index contributed by atoms with van der Waals surface area (Å²) in [7, 11) is 0. The zero-order valence-corrected chi connectivity index (χ0v) is 21.1. The summed E-state index contributed by atoms with van der Waals surface area (Å²) in [6.45, 7) is 3.03. The summed E-state index contributed by atoms with van der Waals surface area (Å²) in [5.41, 5.74) is 3.20. The highest BCUT2D eigenvalue weighted by molar-refractivity contribution is 5.82. The van der Waals surface area contributed by atoms with Crippen molar-refractivity contribution in [3.05, 3.63) is 120 Å². The molecule has 1 N–H and O–H groups in total. The van der Waals surface area contributed by atoms with Gasteiger partial charge in [-0.1, -0.05) is 97.1 Å². The van der Waals surface area contributed by atoms with Gasteiger partial charge < -0.3 is 24.1 Å². The molecule has 1 aliphatic rings. The molecule has 5 nitrogen and oxygen atoms in total. The van der Waals surface area contributed by atoms with Crippen LogP contribution >= 0.6 is 0 Å². The molecule has 4 aromatic carbocycles. The Kier molecular flexibility index (Phi) is 8.61. The number of aliphatic hydroxyl groups is 1. The first-order valence-electron chi connectivity index (χ1n) is 12.9. The van der Waals surface area contributed by atoms with E-state index in [0.717, 1.165) is 16.7 Å². The van der Waals surface area contributed by atoms with Crippen LogP contribution in [0.25, 0.3) is 10.8 Å². The Morgan fingerprint density at radius 1 is 0.595 bits per heavy atom. The lowest BCUT2D eigenvalue weighted by molar-refractivity contribution is -0.266. The van der Waals surface area contributed by atoms with Crippen LogP contribution < -0.4 is 0 Å². The van der Waals surface area contributed by atoms with Gasteiger partial charge in [-0.25, -0.2) is 0 Å². The van der Waals surface area contributed by atoms with Crippen molar-refractivity contribution in [1.29, 1.82) is 0 Å². The van der Waals surface area contributed by atoms with Gasteiger partial charge in [0.1, 0.15) is 24.4 Å². The summed E-state index contributed by atoms with van der Waals surface area (Å²) in [5, 5.41) is 12.6. The highest BCUT2D eigenvalue weighted by atomic mass is 16.6. The molecule has 192 valence electrons. The molecule has 0 saturated carbocycles. The van der Waals surface area contributed by atoms with E-state index in [9.17, 15) is 5.11 Å². The first-order valence-corrected chi connectivity index (χ1v) is 12.9. The SMILES string of the molecule is C[C@@H]1OC(CO)[C@@H](OCc2ccccc2)C(OCc2ccc3ccccc3c2)C1OCc1ccccc1. The Balaban J connectivity index is 1.38. The Labute approximate surface area is 218 Å². The third kappa shape index (κ3) is 6.45. The highest BCUT2D eigenvalue weighted by Crippen LogP contribution is 2.30. The maximum absolute atomic E-state index is 10.2. The fraction of sp³-hybridized carbons (Fsp3) is 0.312. The molecule has 1 aliphatic heterocycles. The fourth-order valence-electron chi connectivity index (χ4n) is 4.92. The maximum atomic E-state index is 10.2. The van der Waals surface area contributed by atoms with E-state index in [-0.39, 0.29) is 18.8 Å². The predicted molar refractivity (Wildman–Crippen MR) is 144 cm³/mol. The molecule has 4 aromatic rings. The van der Waals surface area contributed by atoms with Gasteiger partial charge in [0.15, 0.2) is 0 Å². The van der Waals surface area contributed by atoms with Crippen molar-refractivity contribution in [2.24, 2.45) is 0 Å².